The van der Waals surface area contributed by atoms with Crippen LogP contribution in [-0.2, 0) is 20.2 Å². The van der Waals surface area contributed by atoms with Gasteiger partial charge in [0.1, 0.15) is 23.9 Å². The second-order valence-corrected chi connectivity index (χ2v) is 21.7. The molecule has 7 aromatic rings. The van der Waals surface area contributed by atoms with Crippen molar-refractivity contribution in [2.75, 3.05) is 72.9 Å². The Bertz CT molecular complexity index is 3250. The fraction of sp³-hybridized carbons (Fsp3) is 0.345. The molecule has 0 atom stereocenters. The highest BCUT2D eigenvalue weighted by atomic mass is 32.1. The van der Waals surface area contributed by atoms with Crippen molar-refractivity contribution in [3.05, 3.63) is 123 Å². The average Bonchev–Trinajstić information content (AvgIpc) is 4.25. The lowest BCUT2D eigenvalue weighted by molar-refractivity contribution is 0.0461. The first-order valence-corrected chi connectivity index (χ1v) is 26.3. The van der Waals surface area contributed by atoms with Crippen LogP contribution in [0.5, 0.6) is 17.2 Å². The Labute approximate surface area is 434 Å². The number of benzene rings is 2. The number of hydrogen-bond acceptors (Lipinski definition) is 13. The number of nitrogens with zero attached hydrogens (tertiary/aromatic N) is 8. The minimum Gasteiger partial charge on any atom is -0.496 e. The summed E-state index contributed by atoms with van der Waals surface area (Å²) in [6.07, 6.45) is 8.01. The summed E-state index contributed by atoms with van der Waals surface area (Å²) in [5.41, 5.74) is 12.3. The predicted octanol–water partition coefficient (Wildman–Crippen LogP) is 8.78. The number of carbonyl (C=O) groups excluding carboxylic acids is 2. The number of anilines is 1. The van der Waals surface area contributed by atoms with Crippen molar-refractivity contribution < 1.29 is 23.8 Å². The number of thiophene rings is 2. The van der Waals surface area contributed by atoms with Gasteiger partial charge in [0.2, 0.25) is 0 Å². The highest BCUT2D eigenvalue weighted by Crippen LogP contribution is 2.47. The van der Waals surface area contributed by atoms with Crippen LogP contribution in [0, 0.1) is 0 Å². The Morgan fingerprint density at radius 3 is 1.93 bits per heavy atom. The Balaban J connectivity index is 0.000000168. The van der Waals surface area contributed by atoms with Gasteiger partial charge in [-0.3, -0.25) is 9.59 Å². The fourth-order valence-corrected chi connectivity index (χ4v) is 11.4. The van der Waals surface area contributed by atoms with Crippen LogP contribution in [0.2, 0.25) is 0 Å². The molecule has 18 heteroatoms. The normalized spacial score (nSPS) is 16.2. The zero-order valence-corrected chi connectivity index (χ0v) is 44.6. The minimum absolute atomic E-state index is 0.0197. The van der Waals surface area contributed by atoms with Gasteiger partial charge >= 0.3 is 0 Å². The largest absolute Gasteiger partial charge is 0.496 e. The zero-order chi connectivity index (χ0) is 51.3. The Hall–Kier alpha value is -7.12. The van der Waals surface area contributed by atoms with Crippen molar-refractivity contribution >= 4 is 45.7 Å². The molecule has 0 aliphatic carbocycles. The number of hydrogen-bond donors (Lipinski definition) is 3. The molecule has 9 heterocycles. The van der Waals surface area contributed by atoms with E-state index < -0.39 is 0 Å². The lowest BCUT2D eigenvalue weighted by atomic mass is 9.94. The van der Waals surface area contributed by atoms with Gasteiger partial charge in [0, 0.05) is 147 Å². The number of aryl methyl sites for hydroxylation is 1. The monoisotopic (exact) mass is 1020 g/mol. The molecule has 2 amide bonds. The molecule has 0 unspecified atom stereocenters. The molecule has 0 saturated carbocycles. The molecule has 2 fully saturated rings. The van der Waals surface area contributed by atoms with Crippen LogP contribution in [0.15, 0.2) is 95.2 Å². The number of piperazine rings is 2. The van der Waals surface area contributed by atoms with E-state index >= 15 is 0 Å². The molecule has 5 aromatic heterocycles. The summed E-state index contributed by atoms with van der Waals surface area (Å²) < 4.78 is 23.5. The molecular formula is C55H63N11O5S2. The third kappa shape index (κ3) is 9.21. The van der Waals surface area contributed by atoms with E-state index in [9.17, 15) is 9.59 Å². The van der Waals surface area contributed by atoms with Gasteiger partial charge in [0.15, 0.2) is 11.4 Å². The zero-order valence-electron chi connectivity index (χ0n) is 43.0. The van der Waals surface area contributed by atoms with Gasteiger partial charge in [-0.05, 0) is 86.6 Å². The average molecular weight is 1020 g/mol. The highest BCUT2D eigenvalue weighted by molar-refractivity contribution is 7.08. The molecule has 0 spiro atoms. The van der Waals surface area contributed by atoms with Gasteiger partial charge in [-0.25, -0.2) is 9.36 Å². The lowest BCUT2D eigenvalue weighted by Gasteiger charge is -2.42. The van der Waals surface area contributed by atoms with Crippen LogP contribution in [0.1, 0.15) is 65.4 Å². The molecule has 0 radical (unpaired) electrons. The van der Waals surface area contributed by atoms with Crippen molar-refractivity contribution in [1.82, 2.24) is 49.5 Å². The molecule has 0 bridgehead atoms. The predicted molar refractivity (Wildman–Crippen MR) is 291 cm³/mol. The third-order valence-corrected chi connectivity index (χ3v) is 15.3. The summed E-state index contributed by atoms with van der Waals surface area (Å²) in [5.74, 6) is 2.08. The SMILES string of the molecule is C=C(/C=C\N(C)C)c1cc2c(cc1OC)OCc1c(C(=O)N3CCNCC3(C)C)nn(-c3ccsc3)c1-2.COc1cc2c(cc1-c1ccn(C)c1)-c1c(c(C(=O)N3CCNCC3(C)C)nn1-c1ccsc1)CN2. The summed E-state index contributed by atoms with van der Waals surface area (Å²) in [5, 5.41) is 28.3. The molecular weight excluding hydrogens is 959 g/mol. The molecule has 380 valence electrons. The van der Waals surface area contributed by atoms with Gasteiger partial charge in [0.05, 0.1) is 48.1 Å². The topological polar surface area (TPSA) is 148 Å². The number of ether oxygens (including phenoxy) is 3. The van der Waals surface area contributed by atoms with Crippen LogP contribution >= 0.6 is 22.7 Å². The maximum absolute atomic E-state index is 13.9. The summed E-state index contributed by atoms with van der Waals surface area (Å²) in [7, 11) is 9.28. The van der Waals surface area contributed by atoms with E-state index in [1.54, 1.807) is 36.9 Å². The molecule has 73 heavy (non-hydrogen) atoms. The van der Waals surface area contributed by atoms with E-state index in [4.69, 9.17) is 24.4 Å². The first-order valence-electron chi connectivity index (χ1n) is 24.4. The third-order valence-electron chi connectivity index (χ3n) is 14.0. The van der Waals surface area contributed by atoms with Crippen LogP contribution in [0.25, 0.3) is 50.6 Å². The van der Waals surface area contributed by atoms with E-state index in [2.05, 4.69) is 73.9 Å². The van der Waals surface area contributed by atoms with Crippen molar-refractivity contribution in [2.45, 2.75) is 51.9 Å². The number of nitrogens with one attached hydrogen (secondary N) is 3. The molecule has 2 saturated heterocycles. The first-order chi connectivity index (χ1) is 35.1. The molecule has 2 aromatic carbocycles. The number of rotatable bonds is 10. The number of aromatic nitrogens is 5. The number of methoxy groups -OCH3 is 2. The summed E-state index contributed by atoms with van der Waals surface area (Å²) >= 11 is 3.21. The summed E-state index contributed by atoms with van der Waals surface area (Å²) in [4.78, 5) is 33.7. The van der Waals surface area contributed by atoms with Crippen molar-refractivity contribution in [1.29, 1.82) is 0 Å². The van der Waals surface area contributed by atoms with Crippen LogP contribution in [0.3, 0.4) is 0 Å². The number of carbonyl (C=O) groups is 2. The van der Waals surface area contributed by atoms with E-state index in [0.717, 1.165) is 105 Å². The molecule has 3 N–H and O–H groups in total. The maximum Gasteiger partial charge on any atom is 0.275 e. The molecule has 4 aliphatic rings. The first kappa shape index (κ1) is 49.5. The van der Waals surface area contributed by atoms with Gasteiger partial charge in [-0.15, -0.1) is 0 Å². The van der Waals surface area contributed by atoms with Crippen LogP contribution < -0.4 is 30.2 Å². The molecule has 16 nitrogen and oxygen atoms in total. The quantitative estimate of drug-likeness (QED) is 0.113. The second kappa shape index (κ2) is 19.7. The van der Waals surface area contributed by atoms with E-state index in [1.807, 2.05) is 115 Å². The Morgan fingerprint density at radius 2 is 1.40 bits per heavy atom. The standard InChI is InChI=1S/C28H33N5O3S.C27H30N6O2S/c1-18(7-10-31(4)5)20-13-21-24(14-23(20)35-6)36-15-22-25(27(34)32-11-9-29-17-28(32,2)3)30-33(26(21)22)19-8-12-37-16-19;1-27(2)16-28-7-9-32(27)26(34)24-21-13-29-22-12-23(35-4)19(17-5-8-31(3)14-17)11-20(22)25(21)33(30-24)18-6-10-36-15-18/h7-8,10,12-14,16,29H,1,9,11,15,17H2,2-6H3;5-6,8,10-12,14-15,28-29H,7,9,13,16H2,1-4H3/b10-7-;. The highest BCUT2D eigenvalue weighted by Gasteiger charge is 2.40. The van der Waals surface area contributed by atoms with Crippen molar-refractivity contribution in [3.63, 3.8) is 0 Å². The molecule has 4 aliphatic heterocycles. The number of fused-ring (bicyclic) bond motifs is 6. The Kier molecular flexibility index (Phi) is 13.4. The fourth-order valence-electron chi connectivity index (χ4n) is 10.1. The van der Waals surface area contributed by atoms with Crippen LogP contribution in [-0.4, -0.2) is 129 Å². The van der Waals surface area contributed by atoms with Crippen LogP contribution in [0.4, 0.5) is 5.69 Å². The Morgan fingerprint density at radius 1 is 0.795 bits per heavy atom. The van der Waals surface area contributed by atoms with Gasteiger partial charge in [0.25, 0.3) is 11.8 Å². The van der Waals surface area contributed by atoms with E-state index in [0.29, 0.717) is 42.5 Å². The van der Waals surface area contributed by atoms with E-state index in [-0.39, 0.29) is 29.5 Å². The number of allylic oxidation sites excluding steroid dienone is 2. The van der Waals surface area contributed by atoms with Gasteiger partial charge < -0.3 is 49.4 Å². The van der Waals surface area contributed by atoms with Gasteiger partial charge in [-0.2, -0.15) is 32.9 Å². The van der Waals surface area contributed by atoms with Gasteiger partial charge in [-0.1, -0.05) is 6.58 Å². The summed E-state index contributed by atoms with van der Waals surface area (Å²) in [6, 6.07) is 14.3. The van der Waals surface area contributed by atoms with Crippen molar-refractivity contribution in [2.24, 2.45) is 7.05 Å². The van der Waals surface area contributed by atoms with Crippen molar-refractivity contribution in [3.8, 4) is 62.3 Å². The lowest BCUT2D eigenvalue weighted by Crippen LogP contribution is -2.60. The smallest absolute Gasteiger partial charge is 0.275 e. The summed E-state index contributed by atoms with van der Waals surface area (Å²) in [6.45, 7) is 17.7. The minimum atomic E-state index is -0.321. The van der Waals surface area contributed by atoms with E-state index in [1.165, 1.54) is 0 Å². The maximum atomic E-state index is 13.9. The second-order valence-electron chi connectivity index (χ2n) is 20.2. The molecule has 11 rings (SSSR count). The number of amides is 2.